The molecule has 0 amide bonds. The van der Waals surface area contributed by atoms with Crippen LogP contribution in [0.4, 0.5) is 0 Å². The smallest absolute Gasteiger partial charge is 0.147 e. The molecule has 0 aromatic rings. The molecule has 4 heteroatoms. The summed E-state index contributed by atoms with van der Waals surface area (Å²) in [4.78, 5) is 12.1. The van der Waals surface area contributed by atoms with E-state index >= 15 is 0 Å². The Kier molecular flexibility index (Phi) is 4.46. The lowest BCUT2D eigenvalue weighted by Gasteiger charge is -2.38. The normalized spacial score (nSPS) is 32.8. The van der Waals surface area contributed by atoms with Crippen LogP contribution >= 0.6 is 0 Å². The maximum atomic E-state index is 12.1. The van der Waals surface area contributed by atoms with Crippen LogP contribution in [0.15, 0.2) is 0 Å². The third-order valence-corrected chi connectivity index (χ3v) is 5.66. The summed E-state index contributed by atoms with van der Waals surface area (Å²) in [5, 5.41) is 0. The number of Topliss-reactive ketones (excluding diaryl/α,β-unsaturated/α-hetero) is 1. The molecule has 3 atom stereocenters. The zero-order valence-electron chi connectivity index (χ0n) is 11.2. The number of rotatable bonds is 4. The molecule has 0 aliphatic heterocycles. The maximum absolute atomic E-state index is 12.1. The van der Waals surface area contributed by atoms with E-state index in [1.165, 1.54) is 38.4 Å². The van der Waals surface area contributed by atoms with Crippen molar-refractivity contribution in [2.75, 3.05) is 12.0 Å². The van der Waals surface area contributed by atoms with Crippen molar-refractivity contribution in [3.05, 3.63) is 0 Å². The van der Waals surface area contributed by atoms with Gasteiger partial charge in [0.1, 0.15) is 15.6 Å². The predicted octanol–water partition coefficient (Wildman–Crippen LogP) is 2.60. The second-order valence-corrected chi connectivity index (χ2v) is 8.42. The van der Waals surface area contributed by atoms with Crippen LogP contribution in [0.1, 0.15) is 51.4 Å². The zero-order chi connectivity index (χ0) is 13.2. The highest BCUT2D eigenvalue weighted by Crippen LogP contribution is 2.43. The van der Waals surface area contributed by atoms with Crippen molar-refractivity contribution in [2.24, 2.45) is 17.8 Å². The van der Waals surface area contributed by atoms with Gasteiger partial charge in [-0.05, 0) is 31.1 Å². The van der Waals surface area contributed by atoms with Crippen LogP contribution in [0.25, 0.3) is 0 Å². The Morgan fingerprint density at radius 3 is 2.39 bits per heavy atom. The highest BCUT2D eigenvalue weighted by atomic mass is 32.2. The number of ketones is 1. The molecule has 18 heavy (non-hydrogen) atoms. The third kappa shape index (κ3) is 3.81. The van der Waals surface area contributed by atoms with Gasteiger partial charge in [-0.1, -0.05) is 25.7 Å². The first-order chi connectivity index (χ1) is 8.46. The van der Waals surface area contributed by atoms with Crippen LogP contribution in [0.3, 0.4) is 0 Å². The molecule has 2 saturated carbocycles. The Morgan fingerprint density at radius 2 is 1.72 bits per heavy atom. The molecule has 2 aliphatic rings. The van der Waals surface area contributed by atoms with Gasteiger partial charge in [0.2, 0.25) is 0 Å². The van der Waals surface area contributed by atoms with Gasteiger partial charge in [-0.15, -0.1) is 0 Å². The van der Waals surface area contributed by atoms with Crippen LogP contribution in [-0.2, 0) is 14.6 Å². The second-order valence-electron chi connectivity index (χ2n) is 6.16. The van der Waals surface area contributed by atoms with Gasteiger partial charge in [0.05, 0.1) is 5.75 Å². The summed E-state index contributed by atoms with van der Waals surface area (Å²) >= 11 is 0. The predicted molar refractivity (Wildman–Crippen MR) is 72.1 cm³/mol. The van der Waals surface area contributed by atoms with Crippen LogP contribution < -0.4 is 0 Å². The Morgan fingerprint density at radius 1 is 1.06 bits per heavy atom. The van der Waals surface area contributed by atoms with Crippen LogP contribution in [0.2, 0.25) is 0 Å². The fraction of sp³-hybridized carbons (Fsp3) is 0.929. The Balaban J connectivity index is 1.84. The summed E-state index contributed by atoms with van der Waals surface area (Å²) in [5.74, 6) is 1.93. The summed E-state index contributed by atoms with van der Waals surface area (Å²) in [5.41, 5.74) is 0. The summed E-state index contributed by atoms with van der Waals surface area (Å²) < 4.78 is 22.2. The monoisotopic (exact) mass is 272 g/mol. The highest BCUT2D eigenvalue weighted by molar-refractivity contribution is 7.90. The summed E-state index contributed by atoms with van der Waals surface area (Å²) in [6, 6.07) is 0. The lowest BCUT2D eigenvalue weighted by molar-refractivity contribution is -0.124. The van der Waals surface area contributed by atoms with Gasteiger partial charge in [0, 0.05) is 18.6 Å². The van der Waals surface area contributed by atoms with E-state index in [0.717, 1.165) is 24.7 Å². The van der Waals surface area contributed by atoms with E-state index in [4.69, 9.17) is 0 Å². The first-order valence-electron chi connectivity index (χ1n) is 7.16. The molecule has 2 aliphatic carbocycles. The fourth-order valence-electron chi connectivity index (χ4n) is 3.66. The summed E-state index contributed by atoms with van der Waals surface area (Å²) in [6.45, 7) is 0. The first kappa shape index (κ1) is 14.0. The van der Waals surface area contributed by atoms with Crippen LogP contribution in [0.5, 0.6) is 0 Å². The highest BCUT2D eigenvalue weighted by Gasteiger charge is 2.34. The van der Waals surface area contributed by atoms with E-state index in [9.17, 15) is 13.2 Å². The van der Waals surface area contributed by atoms with Crippen molar-refractivity contribution < 1.29 is 13.2 Å². The molecule has 0 bridgehead atoms. The van der Waals surface area contributed by atoms with E-state index in [0.29, 0.717) is 0 Å². The minimum Gasteiger partial charge on any atom is -0.299 e. The average molecular weight is 272 g/mol. The number of hydrogen-bond acceptors (Lipinski definition) is 3. The largest absolute Gasteiger partial charge is 0.299 e. The second kappa shape index (κ2) is 5.72. The Labute approximate surface area is 110 Å². The van der Waals surface area contributed by atoms with Crippen molar-refractivity contribution in [1.82, 2.24) is 0 Å². The van der Waals surface area contributed by atoms with Crippen molar-refractivity contribution in [2.45, 2.75) is 51.4 Å². The molecular weight excluding hydrogens is 248 g/mol. The Bertz CT molecular complexity index is 399. The summed E-state index contributed by atoms with van der Waals surface area (Å²) in [6.07, 6.45) is 9.91. The molecule has 0 heterocycles. The molecule has 0 aromatic heterocycles. The number of sulfone groups is 1. The standard InChI is InChI=1S/C14H24O3S/c1-18(16,17)9-8-14(15)13-7-6-11-4-2-3-5-12(11)10-13/h11-13H,2-10H2,1H3. The van der Waals surface area contributed by atoms with E-state index in [2.05, 4.69) is 0 Å². The lowest BCUT2D eigenvalue weighted by Crippen LogP contribution is -2.31. The third-order valence-electron chi connectivity index (χ3n) is 4.71. The number of carbonyl (C=O) groups is 1. The number of hydrogen-bond donors (Lipinski definition) is 0. The quantitative estimate of drug-likeness (QED) is 0.790. The maximum Gasteiger partial charge on any atom is 0.147 e. The molecule has 0 saturated heterocycles. The van der Waals surface area contributed by atoms with Gasteiger partial charge in [0.25, 0.3) is 0 Å². The van der Waals surface area contributed by atoms with Crippen molar-refractivity contribution in [3.8, 4) is 0 Å². The Hall–Kier alpha value is -0.380. The van der Waals surface area contributed by atoms with E-state index < -0.39 is 9.84 Å². The van der Waals surface area contributed by atoms with E-state index in [-0.39, 0.29) is 23.9 Å². The van der Waals surface area contributed by atoms with Crippen molar-refractivity contribution >= 4 is 15.6 Å². The first-order valence-corrected chi connectivity index (χ1v) is 9.22. The van der Waals surface area contributed by atoms with Crippen LogP contribution in [0, 0.1) is 17.8 Å². The van der Waals surface area contributed by atoms with Crippen molar-refractivity contribution in [3.63, 3.8) is 0 Å². The summed E-state index contributed by atoms with van der Waals surface area (Å²) in [7, 11) is -3.00. The molecular formula is C14H24O3S. The lowest BCUT2D eigenvalue weighted by atomic mass is 9.66. The molecule has 0 spiro atoms. The van der Waals surface area contributed by atoms with Gasteiger partial charge in [-0.25, -0.2) is 8.42 Å². The number of carbonyl (C=O) groups excluding carboxylic acids is 1. The molecule has 0 N–H and O–H groups in total. The van der Waals surface area contributed by atoms with Gasteiger partial charge < -0.3 is 0 Å². The molecule has 2 fully saturated rings. The van der Waals surface area contributed by atoms with Gasteiger partial charge in [0.15, 0.2) is 0 Å². The number of fused-ring (bicyclic) bond motifs is 1. The van der Waals surface area contributed by atoms with Gasteiger partial charge in [-0.3, -0.25) is 4.79 Å². The fourth-order valence-corrected chi connectivity index (χ4v) is 4.23. The molecule has 3 nitrogen and oxygen atoms in total. The molecule has 0 aromatic carbocycles. The average Bonchev–Trinajstić information content (AvgIpc) is 2.34. The van der Waals surface area contributed by atoms with E-state index in [1.807, 2.05) is 0 Å². The zero-order valence-corrected chi connectivity index (χ0v) is 12.0. The minimum absolute atomic E-state index is 0.0242. The molecule has 3 unspecified atom stereocenters. The van der Waals surface area contributed by atoms with E-state index in [1.54, 1.807) is 0 Å². The topological polar surface area (TPSA) is 51.2 Å². The molecule has 104 valence electrons. The van der Waals surface area contributed by atoms with Gasteiger partial charge >= 0.3 is 0 Å². The van der Waals surface area contributed by atoms with Crippen molar-refractivity contribution in [1.29, 1.82) is 0 Å². The molecule has 2 rings (SSSR count). The van der Waals surface area contributed by atoms with Gasteiger partial charge in [-0.2, -0.15) is 0 Å². The van der Waals surface area contributed by atoms with Crippen LogP contribution in [-0.4, -0.2) is 26.2 Å². The minimum atomic E-state index is -3.00. The SMILES string of the molecule is CS(=O)(=O)CCC(=O)C1CCC2CCCCC2C1. The molecule has 0 radical (unpaired) electrons.